The van der Waals surface area contributed by atoms with Crippen LogP contribution in [0.15, 0.2) is 34.7 Å². The summed E-state index contributed by atoms with van der Waals surface area (Å²) in [6.45, 7) is 1.54. The lowest BCUT2D eigenvalue weighted by atomic mass is 10.1. The van der Waals surface area contributed by atoms with E-state index in [-0.39, 0.29) is 18.1 Å². The Kier molecular flexibility index (Phi) is 6.42. The van der Waals surface area contributed by atoms with Gasteiger partial charge in [0.05, 0.1) is 16.2 Å². The Morgan fingerprint density at radius 1 is 1.24 bits per heavy atom. The van der Waals surface area contributed by atoms with E-state index in [1.165, 1.54) is 11.3 Å². The number of sulfonamides is 1. The van der Waals surface area contributed by atoms with Crippen LogP contribution in [-0.4, -0.2) is 39.6 Å². The van der Waals surface area contributed by atoms with Gasteiger partial charge >= 0.3 is 5.97 Å². The van der Waals surface area contributed by atoms with Gasteiger partial charge in [0.2, 0.25) is 21.6 Å². The van der Waals surface area contributed by atoms with E-state index in [2.05, 4.69) is 4.72 Å². The second-order valence-electron chi connectivity index (χ2n) is 6.35. The summed E-state index contributed by atoms with van der Waals surface area (Å²) in [7, 11) is -3.25. The van der Waals surface area contributed by atoms with Crippen molar-refractivity contribution in [2.45, 2.75) is 13.3 Å². The molecule has 7 nitrogen and oxygen atoms in total. The largest absolute Gasteiger partial charge is 0.451 e. The first kappa shape index (κ1) is 21.5. The molecule has 0 saturated heterocycles. The quantitative estimate of drug-likeness (QED) is 0.411. The van der Waals surface area contributed by atoms with Crippen molar-refractivity contribution >= 4 is 55.7 Å². The standard InChI is InChI=1S/C19H18ClNO6S2/c1-11-13-4-3-5-14(20)18(13)27-17(11)19(23)26-10-15(22)16-7-6-12(28-16)8-9-21-29(2,24)25/h3-7,21H,8-10H2,1-2H3. The molecule has 0 unspecified atom stereocenters. The Labute approximate surface area is 176 Å². The lowest BCUT2D eigenvalue weighted by molar-refractivity contribution is 0.0446. The highest BCUT2D eigenvalue weighted by molar-refractivity contribution is 7.88. The maximum absolute atomic E-state index is 12.3. The van der Waals surface area contributed by atoms with Crippen molar-refractivity contribution in [3.8, 4) is 0 Å². The molecule has 1 aromatic carbocycles. The van der Waals surface area contributed by atoms with Gasteiger partial charge < -0.3 is 9.15 Å². The number of furan rings is 1. The Morgan fingerprint density at radius 2 is 2.00 bits per heavy atom. The third-order valence-electron chi connectivity index (χ3n) is 4.11. The smallest absolute Gasteiger partial charge is 0.375 e. The van der Waals surface area contributed by atoms with E-state index in [0.717, 1.165) is 11.1 Å². The highest BCUT2D eigenvalue weighted by Crippen LogP contribution is 2.31. The van der Waals surface area contributed by atoms with Crippen molar-refractivity contribution < 1.29 is 27.2 Å². The first-order chi connectivity index (χ1) is 13.7. The van der Waals surface area contributed by atoms with Gasteiger partial charge in [-0.3, -0.25) is 4.79 Å². The second kappa shape index (κ2) is 8.66. The highest BCUT2D eigenvalue weighted by Gasteiger charge is 2.21. The average Bonchev–Trinajstić information content (AvgIpc) is 3.25. The molecule has 29 heavy (non-hydrogen) atoms. The normalized spacial score (nSPS) is 11.7. The number of nitrogens with one attached hydrogen (secondary N) is 1. The third-order valence-corrected chi connectivity index (χ3v) is 6.32. The van der Waals surface area contributed by atoms with Gasteiger partial charge in [-0.05, 0) is 31.5 Å². The topological polar surface area (TPSA) is 103 Å². The molecule has 0 saturated carbocycles. The molecule has 0 atom stereocenters. The summed E-state index contributed by atoms with van der Waals surface area (Å²) in [4.78, 5) is 25.9. The predicted molar refractivity (Wildman–Crippen MR) is 111 cm³/mol. The number of hydrogen-bond acceptors (Lipinski definition) is 7. The fraction of sp³-hybridized carbons (Fsp3) is 0.263. The fourth-order valence-corrected chi connectivity index (χ4v) is 4.31. The SMILES string of the molecule is Cc1c(C(=O)OCC(=O)c2ccc(CCNS(C)(=O)=O)s2)oc2c(Cl)cccc12. The molecule has 3 rings (SSSR count). The maximum atomic E-state index is 12.3. The lowest BCUT2D eigenvalue weighted by Gasteiger charge is -2.02. The molecule has 0 bridgehead atoms. The number of para-hydroxylation sites is 1. The minimum Gasteiger partial charge on any atom is -0.451 e. The summed E-state index contributed by atoms with van der Waals surface area (Å²) < 4.78 is 35.2. The van der Waals surface area contributed by atoms with Crippen molar-refractivity contribution in [2.24, 2.45) is 0 Å². The Bertz CT molecular complexity index is 1180. The number of thiophene rings is 1. The summed E-state index contributed by atoms with van der Waals surface area (Å²) in [5.74, 6) is -1.07. The lowest BCUT2D eigenvalue weighted by Crippen LogP contribution is -2.24. The molecule has 2 heterocycles. The first-order valence-electron chi connectivity index (χ1n) is 8.57. The summed E-state index contributed by atoms with van der Waals surface area (Å²) in [5, 5.41) is 1.10. The van der Waals surface area contributed by atoms with E-state index in [0.29, 0.717) is 32.9 Å². The molecule has 0 aliphatic heterocycles. The van der Waals surface area contributed by atoms with Crippen LogP contribution in [-0.2, 0) is 21.2 Å². The molecule has 2 aromatic heterocycles. The molecule has 0 radical (unpaired) electrons. The van der Waals surface area contributed by atoms with Gasteiger partial charge in [-0.25, -0.2) is 17.9 Å². The summed E-state index contributed by atoms with van der Waals surface area (Å²) in [5.41, 5.74) is 0.993. The van der Waals surface area contributed by atoms with Gasteiger partial charge in [0.25, 0.3) is 0 Å². The van der Waals surface area contributed by atoms with E-state index < -0.39 is 22.6 Å². The van der Waals surface area contributed by atoms with Crippen LogP contribution in [0, 0.1) is 6.92 Å². The molecule has 10 heteroatoms. The van der Waals surface area contributed by atoms with Gasteiger partial charge in [0.15, 0.2) is 12.2 Å². The number of Topliss-reactive ketones (excluding diaryl/α,β-unsaturated/α-hetero) is 1. The zero-order chi connectivity index (χ0) is 21.2. The molecule has 0 fully saturated rings. The molecule has 0 aliphatic rings. The summed E-state index contributed by atoms with van der Waals surface area (Å²) in [6, 6.07) is 8.57. The van der Waals surface area contributed by atoms with Gasteiger partial charge in [-0.1, -0.05) is 23.7 Å². The average molecular weight is 456 g/mol. The van der Waals surface area contributed by atoms with Crippen LogP contribution >= 0.6 is 22.9 Å². The van der Waals surface area contributed by atoms with Gasteiger partial charge in [-0.2, -0.15) is 0 Å². The van der Waals surface area contributed by atoms with E-state index in [4.69, 9.17) is 20.8 Å². The van der Waals surface area contributed by atoms with E-state index in [1.54, 1.807) is 37.3 Å². The van der Waals surface area contributed by atoms with Crippen LogP contribution in [0.3, 0.4) is 0 Å². The van der Waals surface area contributed by atoms with E-state index in [9.17, 15) is 18.0 Å². The summed E-state index contributed by atoms with van der Waals surface area (Å²) >= 11 is 7.31. The minimum atomic E-state index is -3.25. The molecule has 3 aromatic rings. The van der Waals surface area contributed by atoms with Crippen molar-refractivity contribution in [3.05, 3.63) is 56.4 Å². The minimum absolute atomic E-state index is 0.0135. The molecule has 0 aliphatic carbocycles. The zero-order valence-corrected chi connectivity index (χ0v) is 18.0. The number of benzene rings is 1. The fourth-order valence-electron chi connectivity index (χ4n) is 2.69. The number of ether oxygens (including phenoxy) is 1. The van der Waals surface area contributed by atoms with Crippen LogP contribution in [0.25, 0.3) is 11.0 Å². The van der Waals surface area contributed by atoms with Crippen LogP contribution in [0.1, 0.15) is 30.7 Å². The van der Waals surface area contributed by atoms with Gasteiger partial charge in [0.1, 0.15) is 0 Å². The van der Waals surface area contributed by atoms with Gasteiger partial charge in [-0.15, -0.1) is 11.3 Å². The Morgan fingerprint density at radius 3 is 2.69 bits per heavy atom. The first-order valence-corrected chi connectivity index (χ1v) is 11.7. The van der Waals surface area contributed by atoms with Crippen molar-refractivity contribution in [1.29, 1.82) is 0 Å². The molecule has 154 valence electrons. The number of fused-ring (bicyclic) bond motifs is 1. The van der Waals surface area contributed by atoms with E-state index in [1.807, 2.05) is 0 Å². The molecular formula is C19H18ClNO6S2. The molecule has 1 N–H and O–H groups in total. The third kappa shape index (κ3) is 5.24. The number of aryl methyl sites for hydroxylation is 1. The van der Waals surface area contributed by atoms with Crippen LogP contribution in [0.4, 0.5) is 0 Å². The van der Waals surface area contributed by atoms with Crippen molar-refractivity contribution in [3.63, 3.8) is 0 Å². The van der Waals surface area contributed by atoms with E-state index >= 15 is 0 Å². The predicted octanol–water partition coefficient (Wildman–Crippen LogP) is 3.59. The number of carbonyl (C=O) groups is 2. The maximum Gasteiger partial charge on any atom is 0.375 e. The van der Waals surface area contributed by atoms with Gasteiger partial charge in [0, 0.05) is 22.4 Å². The number of carbonyl (C=O) groups excluding carboxylic acids is 2. The van der Waals surface area contributed by atoms with Crippen LogP contribution in [0.5, 0.6) is 0 Å². The number of halogens is 1. The number of hydrogen-bond donors (Lipinski definition) is 1. The van der Waals surface area contributed by atoms with Crippen LogP contribution in [0.2, 0.25) is 5.02 Å². The number of esters is 1. The number of rotatable bonds is 8. The summed E-state index contributed by atoms with van der Waals surface area (Å²) in [6.07, 6.45) is 1.55. The van der Waals surface area contributed by atoms with Crippen LogP contribution < -0.4 is 4.72 Å². The molecular weight excluding hydrogens is 438 g/mol. The van der Waals surface area contributed by atoms with Crippen molar-refractivity contribution in [2.75, 3.05) is 19.4 Å². The monoisotopic (exact) mass is 455 g/mol. The zero-order valence-electron chi connectivity index (χ0n) is 15.7. The highest BCUT2D eigenvalue weighted by atomic mass is 35.5. The Hall–Kier alpha value is -2.20. The number of ketones is 1. The molecule has 0 spiro atoms. The molecule has 0 amide bonds. The second-order valence-corrected chi connectivity index (χ2v) is 9.76. The Balaban J connectivity index is 1.60. The van der Waals surface area contributed by atoms with Crippen molar-refractivity contribution in [1.82, 2.24) is 4.72 Å².